The summed E-state index contributed by atoms with van der Waals surface area (Å²) in [5, 5.41) is 7.60. The quantitative estimate of drug-likeness (QED) is 0.854. The highest BCUT2D eigenvalue weighted by atomic mass is 35.5. The summed E-state index contributed by atoms with van der Waals surface area (Å²) in [7, 11) is 0. The van der Waals surface area contributed by atoms with Crippen molar-refractivity contribution in [3.8, 4) is 0 Å². The molecule has 3 nitrogen and oxygen atoms in total. The van der Waals surface area contributed by atoms with Gasteiger partial charge in [0.15, 0.2) is 0 Å². The summed E-state index contributed by atoms with van der Waals surface area (Å²) < 4.78 is 0. The van der Waals surface area contributed by atoms with Crippen LogP contribution in [-0.4, -0.2) is 37.4 Å². The van der Waals surface area contributed by atoms with Crippen molar-refractivity contribution in [2.45, 2.75) is 13.5 Å². The number of hydrogen-bond donors (Lipinski definition) is 1. The van der Waals surface area contributed by atoms with Gasteiger partial charge < -0.3 is 4.90 Å². The Morgan fingerprint density at radius 1 is 1.13 bits per heavy atom. The largest absolute Gasteiger partial charge is 0.328 e. The normalized spacial score (nSPS) is 16.2. The highest BCUT2D eigenvalue weighted by Crippen LogP contribution is 2.08. The monoisotopic (exact) mass is 328 g/mol. The van der Waals surface area contributed by atoms with Gasteiger partial charge >= 0.3 is 0 Å². The smallest absolute Gasteiger partial charge is 0.103 e. The molecule has 0 aliphatic carbocycles. The van der Waals surface area contributed by atoms with E-state index in [4.69, 9.17) is 11.6 Å². The second-order valence-corrected chi connectivity index (χ2v) is 6.60. The van der Waals surface area contributed by atoms with Crippen LogP contribution >= 0.6 is 11.6 Å². The minimum atomic E-state index is 0.805. The lowest BCUT2D eigenvalue weighted by molar-refractivity contribution is -0.918. The molecule has 0 atom stereocenters. The number of hydrogen-bond acceptors (Lipinski definition) is 2. The van der Waals surface area contributed by atoms with E-state index in [2.05, 4.69) is 53.4 Å². The van der Waals surface area contributed by atoms with Crippen molar-refractivity contribution in [1.29, 1.82) is 0 Å². The van der Waals surface area contributed by atoms with Crippen LogP contribution < -0.4 is 4.90 Å². The van der Waals surface area contributed by atoms with Crippen LogP contribution in [0.25, 0.3) is 0 Å². The fourth-order valence-electron chi connectivity index (χ4n) is 2.89. The van der Waals surface area contributed by atoms with Crippen LogP contribution in [0.15, 0.2) is 53.6 Å². The Morgan fingerprint density at radius 3 is 2.57 bits per heavy atom. The van der Waals surface area contributed by atoms with Gasteiger partial charge in [-0.25, -0.2) is 0 Å². The lowest BCUT2D eigenvalue weighted by atomic mass is 10.2. The maximum absolute atomic E-state index is 5.94. The summed E-state index contributed by atoms with van der Waals surface area (Å²) >= 11 is 5.94. The lowest BCUT2D eigenvalue weighted by Gasteiger charge is -2.30. The lowest BCUT2D eigenvalue weighted by Crippen LogP contribution is -3.13. The van der Waals surface area contributed by atoms with Gasteiger partial charge in [0.1, 0.15) is 6.54 Å². The van der Waals surface area contributed by atoms with Crippen LogP contribution in [0.3, 0.4) is 0 Å². The Balaban J connectivity index is 1.49. The van der Waals surface area contributed by atoms with Crippen molar-refractivity contribution in [3.05, 3.63) is 70.2 Å². The molecule has 1 aliphatic heterocycles. The first-order valence-electron chi connectivity index (χ1n) is 8.13. The van der Waals surface area contributed by atoms with E-state index >= 15 is 0 Å². The van der Waals surface area contributed by atoms with Crippen molar-refractivity contribution in [2.75, 3.05) is 26.2 Å². The molecular weight excluding hydrogens is 306 g/mol. The molecule has 0 radical (unpaired) electrons. The van der Waals surface area contributed by atoms with E-state index in [-0.39, 0.29) is 0 Å². The van der Waals surface area contributed by atoms with Gasteiger partial charge in [-0.05, 0) is 24.6 Å². The SMILES string of the molecule is Cc1cccc(/C=N\N2CC[NH+](Cc3ccc(Cl)cc3)CC2)c1. The number of nitrogens with zero attached hydrogens (tertiary/aromatic N) is 2. The van der Waals surface area contributed by atoms with Gasteiger partial charge in [-0.2, -0.15) is 5.10 Å². The number of nitrogens with one attached hydrogen (secondary N) is 1. The summed E-state index contributed by atoms with van der Waals surface area (Å²) in [5.74, 6) is 0. The molecule has 3 rings (SSSR count). The van der Waals surface area contributed by atoms with Gasteiger partial charge in [0, 0.05) is 10.6 Å². The van der Waals surface area contributed by atoms with Gasteiger partial charge in [0.2, 0.25) is 0 Å². The van der Waals surface area contributed by atoms with E-state index < -0.39 is 0 Å². The second kappa shape index (κ2) is 7.62. The summed E-state index contributed by atoms with van der Waals surface area (Å²) in [4.78, 5) is 1.61. The number of hydrazone groups is 1. The first-order chi connectivity index (χ1) is 11.2. The zero-order valence-corrected chi connectivity index (χ0v) is 14.3. The van der Waals surface area contributed by atoms with Crippen LogP contribution in [0, 0.1) is 6.92 Å². The molecule has 0 aromatic heterocycles. The number of aryl methyl sites for hydroxylation is 1. The zero-order chi connectivity index (χ0) is 16.1. The predicted octanol–water partition coefficient (Wildman–Crippen LogP) is 2.38. The topological polar surface area (TPSA) is 20.0 Å². The third-order valence-corrected chi connectivity index (χ3v) is 4.48. The van der Waals surface area contributed by atoms with E-state index in [9.17, 15) is 0 Å². The van der Waals surface area contributed by atoms with Crippen LogP contribution in [0.2, 0.25) is 5.02 Å². The predicted molar refractivity (Wildman–Crippen MR) is 96.2 cm³/mol. The van der Waals surface area contributed by atoms with Crippen LogP contribution in [0.5, 0.6) is 0 Å². The molecular formula is C19H23ClN3+. The van der Waals surface area contributed by atoms with Crippen molar-refractivity contribution in [1.82, 2.24) is 5.01 Å². The Morgan fingerprint density at radius 2 is 1.87 bits per heavy atom. The number of rotatable bonds is 4. The van der Waals surface area contributed by atoms with Gasteiger partial charge in [-0.1, -0.05) is 53.6 Å². The van der Waals surface area contributed by atoms with Gasteiger partial charge in [0.05, 0.1) is 32.4 Å². The van der Waals surface area contributed by atoms with E-state index in [1.165, 1.54) is 16.7 Å². The summed E-state index contributed by atoms with van der Waals surface area (Å²) in [6.45, 7) is 7.42. The molecule has 2 aromatic rings. The third-order valence-electron chi connectivity index (χ3n) is 4.23. The van der Waals surface area contributed by atoms with E-state index in [1.54, 1.807) is 4.90 Å². The second-order valence-electron chi connectivity index (χ2n) is 6.17. The Bertz CT molecular complexity index is 659. The fourth-order valence-corrected chi connectivity index (χ4v) is 3.02. The van der Waals surface area contributed by atoms with Crippen molar-refractivity contribution in [2.24, 2.45) is 5.10 Å². The number of halogens is 1. The highest BCUT2D eigenvalue weighted by molar-refractivity contribution is 6.30. The first-order valence-corrected chi connectivity index (χ1v) is 8.50. The van der Waals surface area contributed by atoms with Crippen LogP contribution in [-0.2, 0) is 6.54 Å². The molecule has 1 fully saturated rings. The molecule has 1 N–H and O–H groups in total. The standard InChI is InChI=1S/C19H22ClN3/c1-16-3-2-4-18(13-16)14-21-23-11-9-22(10-12-23)15-17-5-7-19(20)8-6-17/h2-8,13-14H,9-12,15H2,1H3/p+1/b21-14-. The molecule has 0 spiro atoms. The number of benzene rings is 2. The molecule has 0 saturated carbocycles. The third kappa shape index (κ3) is 4.81. The van der Waals surface area contributed by atoms with Crippen LogP contribution in [0.1, 0.15) is 16.7 Å². The Kier molecular flexibility index (Phi) is 5.31. The van der Waals surface area contributed by atoms with Gasteiger partial charge in [-0.3, -0.25) is 5.01 Å². The van der Waals surface area contributed by atoms with Gasteiger partial charge in [-0.15, -0.1) is 0 Å². The Hall–Kier alpha value is -1.84. The first kappa shape index (κ1) is 16.0. The average Bonchev–Trinajstić information content (AvgIpc) is 2.56. The van der Waals surface area contributed by atoms with Crippen molar-refractivity contribution < 1.29 is 4.90 Å². The minimum absolute atomic E-state index is 0.805. The van der Waals surface area contributed by atoms with E-state index in [0.717, 1.165) is 37.7 Å². The summed E-state index contributed by atoms with van der Waals surface area (Å²) in [5.41, 5.74) is 3.79. The number of quaternary nitrogens is 1. The maximum atomic E-state index is 5.94. The molecule has 1 aliphatic rings. The summed E-state index contributed by atoms with van der Waals surface area (Å²) in [6.07, 6.45) is 1.97. The molecule has 120 valence electrons. The Labute approximate surface area is 143 Å². The highest BCUT2D eigenvalue weighted by Gasteiger charge is 2.18. The zero-order valence-electron chi connectivity index (χ0n) is 13.5. The number of piperazine rings is 1. The van der Waals surface area contributed by atoms with E-state index in [1.807, 2.05) is 18.3 Å². The average molecular weight is 329 g/mol. The molecule has 2 aromatic carbocycles. The minimum Gasteiger partial charge on any atom is -0.328 e. The van der Waals surface area contributed by atoms with Gasteiger partial charge in [0.25, 0.3) is 0 Å². The van der Waals surface area contributed by atoms with Crippen molar-refractivity contribution >= 4 is 17.8 Å². The molecule has 0 amide bonds. The molecule has 0 bridgehead atoms. The van der Waals surface area contributed by atoms with Crippen molar-refractivity contribution in [3.63, 3.8) is 0 Å². The maximum Gasteiger partial charge on any atom is 0.103 e. The van der Waals surface area contributed by atoms with Crippen LogP contribution in [0.4, 0.5) is 0 Å². The molecule has 4 heteroatoms. The fraction of sp³-hybridized carbons (Fsp3) is 0.316. The van der Waals surface area contributed by atoms with E-state index in [0.29, 0.717) is 0 Å². The summed E-state index contributed by atoms with van der Waals surface area (Å²) in [6, 6.07) is 16.6. The molecule has 0 unspecified atom stereocenters. The molecule has 1 saturated heterocycles. The molecule has 23 heavy (non-hydrogen) atoms. The molecule has 1 heterocycles.